The molecule has 0 atom stereocenters. The van der Waals surface area contributed by atoms with E-state index in [0.29, 0.717) is 4.91 Å². The fourth-order valence-electron chi connectivity index (χ4n) is 4.57. The molecule has 3 aromatic rings. The van der Waals surface area contributed by atoms with Crippen molar-refractivity contribution in [3.05, 3.63) is 77.2 Å². The number of para-hydroxylation sites is 1. The van der Waals surface area contributed by atoms with Crippen molar-refractivity contribution in [3.63, 3.8) is 0 Å². The number of carbonyl (C=O) groups excluding carboxylic acids is 1. The summed E-state index contributed by atoms with van der Waals surface area (Å²) < 4.78 is 5.66. The van der Waals surface area contributed by atoms with Crippen molar-refractivity contribution in [2.75, 3.05) is 7.11 Å². The van der Waals surface area contributed by atoms with Gasteiger partial charge in [0.05, 0.1) is 17.7 Å². The van der Waals surface area contributed by atoms with Gasteiger partial charge in [-0.2, -0.15) is 0 Å². The number of aliphatic imine (C=N–C) groups is 1. The van der Waals surface area contributed by atoms with Crippen LogP contribution < -0.4 is 4.74 Å². The lowest BCUT2D eigenvalue weighted by molar-refractivity contribution is -0.124. The molecular weight excluding hydrogens is 416 g/mol. The number of rotatable bonds is 4. The van der Waals surface area contributed by atoms with Gasteiger partial charge in [0.15, 0.2) is 5.17 Å². The summed E-state index contributed by atoms with van der Waals surface area (Å²) >= 11 is 1.47. The number of nitrogens with zero attached hydrogens (tertiary/aromatic N) is 2. The fourth-order valence-corrected chi connectivity index (χ4v) is 5.61. The SMILES string of the molecule is COc1ccc2ccccc2c1/C=C1/SC(=Nc2ccccc2)N(C2CCCCC2)C1=O. The van der Waals surface area contributed by atoms with Gasteiger partial charge in [0, 0.05) is 11.6 Å². The molecule has 1 aliphatic carbocycles. The third-order valence-corrected chi connectivity index (χ3v) is 7.17. The van der Waals surface area contributed by atoms with E-state index in [1.807, 2.05) is 59.5 Å². The van der Waals surface area contributed by atoms with E-state index in [2.05, 4.69) is 18.2 Å². The zero-order valence-electron chi connectivity index (χ0n) is 18.2. The average Bonchev–Trinajstić information content (AvgIpc) is 3.14. The summed E-state index contributed by atoms with van der Waals surface area (Å²) in [6.45, 7) is 0. The Labute approximate surface area is 193 Å². The maximum absolute atomic E-state index is 13.7. The monoisotopic (exact) mass is 442 g/mol. The van der Waals surface area contributed by atoms with Gasteiger partial charge in [-0.3, -0.25) is 9.69 Å². The van der Waals surface area contributed by atoms with Crippen LogP contribution in [0.4, 0.5) is 5.69 Å². The van der Waals surface area contributed by atoms with Crippen LogP contribution in [-0.2, 0) is 4.79 Å². The second-order valence-corrected chi connectivity index (χ2v) is 9.22. The summed E-state index contributed by atoms with van der Waals surface area (Å²) in [4.78, 5) is 21.2. The van der Waals surface area contributed by atoms with Gasteiger partial charge in [-0.25, -0.2) is 4.99 Å². The maximum atomic E-state index is 13.7. The lowest BCUT2D eigenvalue weighted by Crippen LogP contribution is -2.40. The smallest absolute Gasteiger partial charge is 0.267 e. The van der Waals surface area contributed by atoms with Crippen LogP contribution in [0.3, 0.4) is 0 Å². The van der Waals surface area contributed by atoms with Crippen LogP contribution in [0, 0.1) is 0 Å². The number of hydrogen-bond acceptors (Lipinski definition) is 4. The van der Waals surface area contributed by atoms with Crippen LogP contribution in [0.1, 0.15) is 37.7 Å². The molecule has 2 fully saturated rings. The third-order valence-electron chi connectivity index (χ3n) is 6.18. The summed E-state index contributed by atoms with van der Waals surface area (Å²) in [5, 5.41) is 2.97. The van der Waals surface area contributed by atoms with E-state index in [1.165, 1.54) is 18.2 Å². The molecule has 32 heavy (non-hydrogen) atoms. The number of fused-ring (bicyclic) bond motifs is 1. The van der Waals surface area contributed by atoms with E-state index in [-0.39, 0.29) is 11.9 Å². The van der Waals surface area contributed by atoms with Gasteiger partial charge in [0.2, 0.25) is 0 Å². The molecule has 0 aromatic heterocycles. The topological polar surface area (TPSA) is 41.9 Å². The van der Waals surface area contributed by atoms with Crippen molar-refractivity contribution >= 4 is 45.4 Å². The number of benzene rings is 3. The highest BCUT2D eigenvalue weighted by Crippen LogP contribution is 2.40. The Balaban J connectivity index is 1.60. The second-order valence-electron chi connectivity index (χ2n) is 8.21. The van der Waals surface area contributed by atoms with E-state index in [0.717, 1.165) is 58.6 Å². The number of ether oxygens (including phenoxy) is 1. The second kappa shape index (κ2) is 9.21. The first kappa shape index (κ1) is 20.8. The minimum absolute atomic E-state index is 0.0477. The van der Waals surface area contributed by atoms with Crippen molar-refractivity contribution in [2.45, 2.75) is 38.1 Å². The lowest BCUT2D eigenvalue weighted by atomic mass is 9.94. The van der Waals surface area contributed by atoms with Gasteiger partial charge in [-0.05, 0) is 59.7 Å². The first-order chi connectivity index (χ1) is 15.7. The van der Waals surface area contributed by atoms with E-state index < -0.39 is 0 Å². The highest BCUT2D eigenvalue weighted by Gasteiger charge is 2.38. The molecule has 1 aliphatic heterocycles. The lowest BCUT2D eigenvalue weighted by Gasteiger charge is -2.30. The molecular formula is C27H26N2O2S. The zero-order chi connectivity index (χ0) is 21.9. The molecule has 0 N–H and O–H groups in total. The maximum Gasteiger partial charge on any atom is 0.267 e. The van der Waals surface area contributed by atoms with Crippen LogP contribution in [0.5, 0.6) is 5.75 Å². The van der Waals surface area contributed by atoms with Crippen molar-refractivity contribution in [3.8, 4) is 5.75 Å². The predicted octanol–water partition coefficient (Wildman–Crippen LogP) is 6.79. The van der Waals surface area contributed by atoms with Crippen LogP contribution in [-0.4, -0.2) is 29.1 Å². The van der Waals surface area contributed by atoms with Gasteiger partial charge < -0.3 is 4.74 Å². The molecule has 162 valence electrons. The number of hydrogen-bond donors (Lipinski definition) is 0. The van der Waals surface area contributed by atoms with Crippen molar-refractivity contribution in [2.24, 2.45) is 4.99 Å². The molecule has 0 bridgehead atoms. The molecule has 2 aliphatic rings. The first-order valence-corrected chi connectivity index (χ1v) is 12.0. The number of amidine groups is 1. The molecule has 5 heteroatoms. The predicted molar refractivity (Wildman–Crippen MR) is 133 cm³/mol. The molecule has 1 amide bonds. The molecule has 0 spiro atoms. The normalized spacial score (nSPS) is 19.9. The van der Waals surface area contributed by atoms with Crippen molar-refractivity contribution in [1.29, 1.82) is 0 Å². The fraction of sp³-hybridized carbons (Fsp3) is 0.259. The number of thioether (sulfide) groups is 1. The molecule has 0 radical (unpaired) electrons. The van der Waals surface area contributed by atoms with Crippen LogP contribution in [0.25, 0.3) is 16.8 Å². The number of carbonyl (C=O) groups is 1. The van der Waals surface area contributed by atoms with Crippen LogP contribution in [0.2, 0.25) is 0 Å². The van der Waals surface area contributed by atoms with E-state index in [9.17, 15) is 4.79 Å². The van der Waals surface area contributed by atoms with E-state index in [4.69, 9.17) is 9.73 Å². The van der Waals surface area contributed by atoms with Crippen LogP contribution in [0.15, 0.2) is 76.6 Å². The minimum Gasteiger partial charge on any atom is -0.496 e. The highest BCUT2D eigenvalue weighted by molar-refractivity contribution is 8.18. The third kappa shape index (κ3) is 4.05. The molecule has 4 nitrogen and oxygen atoms in total. The summed E-state index contributed by atoms with van der Waals surface area (Å²) in [6.07, 6.45) is 7.61. The van der Waals surface area contributed by atoms with E-state index in [1.54, 1.807) is 7.11 Å². The zero-order valence-corrected chi connectivity index (χ0v) is 19.0. The average molecular weight is 443 g/mol. The largest absolute Gasteiger partial charge is 0.496 e. The molecule has 5 rings (SSSR count). The van der Waals surface area contributed by atoms with Gasteiger partial charge in [0.1, 0.15) is 5.75 Å². The Kier molecular flexibility index (Phi) is 5.99. The molecule has 1 saturated carbocycles. The molecule has 1 heterocycles. The quantitative estimate of drug-likeness (QED) is 0.418. The molecule has 3 aromatic carbocycles. The number of methoxy groups -OCH3 is 1. The van der Waals surface area contributed by atoms with Gasteiger partial charge in [-0.1, -0.05) is 67.8 Å². The Hall–Kier alpha value is -3.05. The van der Waals surface area contributed by atoms with Crippen molar-refractivity contribution < 1.29 is 9.53 Å². The first-order valence-electron chi connectivity index (χ1n) is 11.2. The van der Waals surface area contributed by atoms with Gasteiger partial charge >= 0.3 is 0 Å². The highest BCUT2D eigenvalue weighted by atomic mass is 32.2. The summed E-state index contributed by atoms with van der Waals surface area (Å²) in [6, 6.07) is 22.3. The van der Waals surface area contributed by atoms with Crippen molar-refractivity contribution in [1.82, 2.24) is 4.90 Å². The molecule has 0 unspecified atom stereocenters. The van der Waals surface area contributed by atoms with Gasteiger partial charge in [-0.15, -0.1) is 0 Å². The Morgan fingerprint density at radius 3 is 2.50 bits per heavy atom. The molecule has 1 saturated heterocycles. The van der Waals surface area contributed by atoms with Gasteiger partial charge in [0.25, 0.3) is 5.91 Å². The Morgan fingerprint density at radius 1 is 0.969 bits per heavy atom. The van der Waals surface area contributed by atoms with Crippen LogP contribution >= 0.6 is 11.8 Å². The standard InChI is InChI=1S/C27H26N2O2S/c1-31-24-17-16-19-10-8-9-15-22(19)23(24)18-25-26(30)29(21-13-6-3-7-14-21)27(32-25)28-20-11-4-2-5-12-20/h2,4-5,8-12,15-18,21H,3,6-7,13-14H2,1H3/b25-18+,28-27?. The summed E-state index contributed by atoms with van der Waals surface area (Å²) in [5.74, 6) is 0.814. The van der Waals surface area contributed by atoms with E-state index >= 15 is 0 Å². The minimum atomic E-state index is 0.0477. The Morgan fingerprint density at radius 2 is 1.72 bits per heavy atom. The summed E-state index contributed by atoms with van der Waals surface area (Å²) in [7, 11) is 1.67. The Bertz CT molecular complexity index is 1200. The number of amides is 1. The summed E-state index contributed by atoms with van der Waals surface area (Å²) in [5.41, 5.74) is 1.80.